The highest BCUT2D eigenvalue weighted by molar-refractivity contribution is 6.02. The van der Waals surface area contributed by atoms with Crippen molar-refractivity contribution in [2.24, 2.45) is 0 Å². The summed E-state index contributed by atoms with van der Waals surface area (Å²) in [6.07, 6.45) is 5.21. The summed E-state index contributed by atoms with van der Waals surface area (Å²) in [4.78, 5) is 8.65. The number of nitrogens with zero attached hydrogens (tertiary/aromatic N) is 3. The summed E-state index contributed by atoms with van der Waals surface area (Å²) in [6, 6.07) is 14.1. The maximum absolute atomic E-state index is 13.4. The molecule has 0 saturated heterocycles. The number of fused-ring (bicyclic) bond motifs is 1. The van der Waals surface area contributed by atoms with E-state index in [1.807, 2.05) is 24.3 Å². The molecular weight excluding hydrogens is 317 g/mol. The van der Waals surface area contributed by atoms with Gasteiger partial charge in [0.15, 0.2) is 0 Å². The van der Waals surface area contributed by atoms with Crippen molar-refractivity contribution in [3.8, 4) is 22.4 Å². The molecule has 0 atom stereocenters. The number of halogens is 1. The standard InChI is InChI=1S/C20H16FN3O/c21-16-5-3-14(4-6-16)18-19-17(2-1-9-23-19)24(12-13-25)20(18)15-7-10-22-11-8-15/h1-11,25H,12-13H2. The lowest BCUT2D eigenvalue weighted by Crippen LogP contribution is -2.04. The van der Waals surface area contributed by atoms with Crippen LogP contribution in [0.2, 0.25) is 0 Å². The van der Waals surface area contributed by atoms with Crippen molar-refractivity contribution >= 4 is 11.0 Å². The van der Waals surface area contributed by atoms with E-state index in [1.54, 1.807) is 30.7 Å². The Balaban J connectivity index is 2.10. The third kappa shape index (κ3) is 2.68. The first-order chi connectivity index (χ1) is 12.3. The van der Waals surface area contributed by atoms with Crippen LogP contribution in [-0.4, -0.2) is 26.2 Å². The predicted molar refractivity (Wildman–Crippen MR) is 95.4 cm³/mol. The van der Waals surface area contributed by atoms with Crippen LogP contribution in [-0.2, 0) is 6.54 Å². The van der Waals surface area contributed by atoms with E-state index in [2.05, 4.69) is 14.5 Å². The van der Waals surface area contributed by atoms with Crippen molar-refractivity contribution in [2.45, 2.75) is 6.54 Å². The molecule has 0 bridgehead atoms. The molecule has 0 saturated carbocycles. The van der Waals surface area contributed by atoms with Crippen LogP contribution in [0.1, 0.15) is 0 Å². The number of benzene rings is 1. The number of pyridine rings is 2. The van der Waals surface area contributed by atoms with Gasteiger partial charge in [-0.3, -0.25) is 9.97 Å². The third-order valence-electron chi connectivity index (χ3n) is 4.23. The molecule has 5 heteroatoms. The van der Waals surface area contributed by atoms with Crippen LogP contribution >= 0.6 is 0 Å². The van der Waals surface area contributed by atoms with Crippen LogP contribution in [0.4, 0.5) is 4.39 Å². The van der Waals surface area contributed by atoms with E-state index in [-0.39, 0.29) is 12.4 Å². The first-order valence-corrected chi connectivity index (χ1v) is 8.04. The van der Waals surface area contributed by atoms with Gasteiger partial charge < -0.3 is 9.67 Å². The molecule has 1 aromatic carbocycles. The first kappa shape index (κ1) is 15.5. The fourth-order valence-corrected chi connectivity index (χ4v) is 3.21. The molecule has 1 N–H and O–H groups in total. The second-order valence-electron chi connectivity index (χ2n) is 5.71. The average Bonchev–Trinajstić information content (AvgIpc) is 2.98. The van der Waals surface area contributed by atoms with Crippen LogP contribution in [0.15, 0.2) is 67.1 Å². The lowest BCUT2D eigenvalue weighted by atomic mass is 10.0. The summed E-state index contributed by atoms with van der Waals surface area (Å²) in [5.74, 6) is -0.277. The fourth-order valence-electron chi connectivity index (χ4n) is 3.21. The van der Waals surface area contributed by atoms with Crippen LogP contribution in [0.5, 0.6) is 0 Å². The Hall–Kier alpha value is -3.05. The predicted octanol–water partition coefficient (Wildman–Crippen LogP) is 3.90. The summed E-state index contributed by atoms with van der Waals surface area (Å²) in [5.41, 5.74) is 5.48. The minimum Gasteiger partial charge on any atom is -0.395 e. The zero-order chi connectivity index (χ0) is 17.2. The molecule has 3 heterocycles. The van der Waals surface area contributed by atoms with Crippen molar-refractivity contribution in [2.75, 3.05) is 6.61 Å². The molecule has 124 valence electrons. The normalized spacial score (nSPS) is 11.1. The van der Waals surface area contributed by atoms with Crippen LogP contribution < -0.4 is 0 Å². The van der Waals surface area contributed by atoms with E-state index in [1.165, 1.54) is 12.1 Å². The van der Waals surface area contributed by atoms with Crippen LogP contribution in [0.25, 0.3) is 33.4 Å². The number of hydrogen-bond donors (Lipinski definition) is 1. The Bertz CT molecular complexity index is 1010. The van der Waals surface area contributed by atoms with Gasteiger partial charge in [0.25, 0.3) is 0 Å². The van der Waals surface area contributed by atoms with E-state index in [0.717, 1.165) is 33.4 Å². The molecule has 3 aromatic heterocycles. The molecule has 4 rings (SSSR count). The number of rotatable bonds is 4. The van der Waals surface area contributed by atoms with E-state index < -0.39 is 0 Å². The highest BCUT2D eigenvalue weighted by atomic mass is 19.1. The number of aliphatic hydroxyl groups excluding tert-OH is 1. The van der Waals surface area contributed by atoms with Crippen molar-refractivity contribution in [1.82, 2.24) is 14.5 Å². The second kappa shape index (κ2) is 6.45. The Labute approximate surface area is 144 Å². The highest BCUT2D eigenvalue weighted by Crippen LogP contribution is 2.39. The number of hydrogen-bond acceptors (Lipinski definition) is 3. The topological polar surface area (TPSA) is 50.9 Å². The molecule has 4 aromatic rings. The quantitative estimate of drug-likeness (QED) is 0.616. The lowest BCUT2D eigenvalue weighted by molar-refractivity contribution is 0.279. The van der Waals surface area contributed by atoms with Gasteiger partial charge >= 0.3 is 0 Å². The van der Waals surface area contributed by atoms with Crippen molar-refractivity contribution in [3.63, 3.8) is 0 Å². The zero-order valence-corrected chi connectivity index (χ0v) is 13.4. The van der Waals surface area contributed by atoms with Gasteiger partial charge in [0, 0.05) is 36.3 Å². The summed E-state index contributed by atoms with van der Waals surface area (Å²) in [5, 5.41) is 9.56. The van der Waals surface area contributed by atoms with Crippen molar-refractivity contribution in [3.05, 3.63) is 72.9 Å². The number of aromatic nitrogens is 3. The van der Waals surface area contributed by atoms with E-state index >= 15 is 0 Å². The summed E-state index contributed by atoms with van der Waals surface area (Å²) in [7, 11) is 0. The summed E-state index contributed by atoms with van der Waals surface area (Å²) < 4.78 is 15.5. The molecular formula is C20H16FN3O. The fraction of sp³-hybridized carbons (Fsp3) is 0.100. The number of aliphatic hydroxyl groups is 1. The van der Waals surface area contributed by atoms with Crippen molar-refractivity contribution in [1.29, 1.82) is 0 Å². The average molecular weight is 333 g/mol. The molecule has 0 radical (unpaired) electrons. The van der Waals surface area contributed by atoms with Gasteiger partial charge in [-0.1, -0.05) is 12.1 Å². The molecule has 25 heavy (non-hydrogen) atoms. The second-order valence-corrected chi connectivity index (χ2v) is 5.71. The molecule has 0 aliphatic rings. The first-order valence-electron chi connectivity index (χ1n) is 8.04. The molecule has 4 nitrogen and oxygen atoms in total. The molecule has 0 unspecified atom stereocenters. The minimum atomic E-state index is -0.277. The smallest absolute Gasteiger partial charge is 0.123 e. The van der Waals surface area contributed by atoms with Gasteiger partial charge in [0.2, 0.25) is 0 Å². The van der Waals surface area contributed by atoms with Crippen LogP contribution in [0.3, 0.4) is 0 Å². The third-order valence-corrected chi connectivity index (χ3v) is 4.23. The van der Waals surface area contributed by atoms with E-state index in [4.69, 9.17) is 0 Å². The molecule has 0 spiro atoms. The molecule has 0 aliphatic carbocycles. The highest BCUT2D eigenvalue weighted by Gasteiger charge is 2.20. The van der Waals surface area contributed by atoms with Gasteiger partial charge in [-0.15, -0.1) is 0 Å². The monoisotopic (exact) mass is 333 g/mol. The van der Waals surface area contributed by atoms with Gasteiger partial charge in [-0.25, -0.2) is 4.39 Å². The van der Waals surface area contributed by atoms with E-state index in [9.17, 15) is 9.50 Å². The van der Waals surface area contributed by atoms with Crippen molar-refractivity contribution < 1.29 is 9.50 Å². The Morgan fingerprint density at radius 2 is 1.68 bits per heavy atom. The Kier molecular flexibility index (Phi) is 3.99. The van der Waals surface area contributed by atoms with Gasteiger partial charge in [-0.05, 0) is 42.0 Å². The maximum atomic E-state index is 13.4. The largest absolute Gasteiger partial charge is 0.395 e. The maximum Gasteiger partial charge on any atom is 0.123 e. The van der Waals surface area contributed by atoms with Gasteiger partial charge in [0.1, 0.15) is 5.82 Å². The Morgan fingerprint density at radius 3 is 2.40 bits per heavy atom. The molecule has 0 aliphatic heterocycles. The Morgan fingerprint density at radius 1 is 0.920 bits per heavy atom. The van der Waals surface area contributed by atoms with Crippen LogP contribution in [0, 0.1) is 5.82 Å². The van der Waals surface area contributed by atoms with E-state index in [0.29, 0.717) is 6.54 Å². The molecule has 0 fully saturated rings. The van der Waals surface area contributed by atoms with Gasteiger partial charge in [-0.2, -0.15) is 0 Å². The summed E-state index contributed by atoms with van der Waals surface area (Å²) in [6.45, 7) is 0.459. The SMILES string of the molecule is OCCn1c(-c2ccncc2)c(-c2ccc(F)cc2)c2ncccc21. The lowest BCUT2D eigenvalue weighted by Gasteiger charge is -2.11. The summed E-state index contributed by atoms with van der Waals surface area (Å²) >= 11 is 0. The van der Waals surface area contributed by atoms with Gasteiger partial charge in [0.05, 0.1) is 23.3 Å². The molecule has 0 amide bonds. The zero-order valence-electron chi connectivity index (χ0n) is 13.4. The minimum absolute atomic E-state index is 0.0135.